The van der Waals surface area contributed by atoms with Gasteiger partial charge in [-0.05, 0) is 24.1 Å². The first-order chi connectivity index (χ1) is 9.74. The van der Waals surface area contributed by atoms with Gasteiger partial charge in [0.05, 0.1) is 12.0 Å². The van der Waals surface area contributed by atoms with Crippen LogP contribution in [0.5, 0.6) is 0 Å². The summed E-state index contributed by atoms with van der Waals surface area (Å²) in [5.41, 5.74) is -0.440. The van der Waals surface area contributed by atoms with Crippen LogP contribution in [0.25, 0.3) is 0 Å². The zero-order valence-electron chi connectivity index (χ0n) is 11.0. The largest absolute Gasteiger partial charge is 0.480 e. The van der Waals surface area contributed by atoms with Crippen LogP contribution >= 0.6 is 0 Å². The summed E-state index contributed by atoms with van der Waals surface area (Å²) >= 11 is 0. The second-order valence-electron chi connectivity index (χ2n) is 4.35. The highest BCUT2D eigenvalue weighted by molar-refractivity contribution is 5.84. The fraction of sp³-hybridized carbons (Fsp3) is 0.286. The minimum Gasteiger partial charge on any atom is -0.480 e. The summed E-state index contributed by atoms with van der Waals surface area (Å²) < 4.78 is 37.1. The summed E-state index contributed by atoms with van der Waals surface area (Å²) in [5, 5.41) is 11.1. The van der Waals surface area contributed by atoms with Gasteiger partial charge < -0.3 is 10.4 Å². The molecule has 0 spiro atoms. The molecular formula is C14H14F3NO3. The van der Waals surface area contributed by atoms with Crippen molar-refractivity contribution in [3.8, 4) is 0 Å². The first-order valence-electron chi connectivity index (χ1n) is 6.03. The van der Waals surface area contributed by atoms with E-state index < -0.39 is 29.7 Å². The first-order valence-corrected chi connectivity index (χ1v) is 6.03. The molecule has 4 nitrogen and oxygen atoms in total. The maximum Gasteiger partial charge on any atom is 0.416 e. The molecule has 1 aromatic carbocycles. The molecular weight excluding hydrogens is 287 g/mol. The Bertz CT molecular complexity index is 523. The predicted molar refractivity (Wildman–Crippen MR) is 69.5 cm³/mol. The Hall–Kier alpha value is -2.31. The number of amides is 1. The lowest BCUT2D eigenvalue weighted by atomic mass is 10.1. The molecule has 0 unspecified atom stereocenters. The molecule has 0 fully saturated rings. The molecule has 0 saturated carbocycles. The van der Waals surface area contributed by atoms with Gasteiger partial charge in [0, 0.05) is 0 Å². The molecule has 1 aromatic rings. The van der Waals surface area contributed by atoms with E-state index in [4.69, 9.17) is 5.11 Å². The van der Waals surface area contributed by atoms with Crippen LogP contribution in [-0.4, -0.2) is 23.0 Å². The molecule has 2 N–H and O–H groups in total. The van der Waals surface area contributed by atoms with Crippen molar-refractivity contribution >= 4 is 11.9 Å². The average molecular weight is 301 g/mol. The third kappa shape index (κ3) is 5.29. The summed E-state index contributed by atoms with van der Waals surface area (Å²) in [4.78, 5) is 22.5. The van der Waals surface area contributed by atoms with E-state index in [0.29, 0.717) is 5.56 Å². The Morgan fingerprint density at radius 1 is 1.29 bits per heavy atom. The number of aliphatic carboxylic acids is 1. The molecule has 0 aliphatic rings. The molecule has 1 rings (SSSR count). The number of rotatable bonds is 6. The molecule has 114 valence electrons. The van der Waals surface area contributed by atoms with Crippen LogP contribution in [-0.2, 0) is 22.2 Å². The van der Waals surface area contributed by atoms with Gasteiger partial charge in [-0.25, -0.2) is 4.79 Å². The third-order valence-electron chi connectivity index (χ3n) is 2.68. The summed E-state index contributed by atoms with van der Waals surface area (Å²) in [7, 11) is 0. The standard InChI is InChI=1S/C14H14F3NO3/c1-2-3-11(13(20)21)18-12(19)8-9-4-6-10(7-5-9)14(15,16)17/h2,4-7,11H,1,3,8H2,(H,18,19)(H,20,21)/t11-/m0/s1. The molecule has 1 amide bonds. The number of halogens is 3. The highest BCUT2D eigenvalue weighted by atomic mass is 19.4. The maximum absolute atomic E-state index is 12.4. The molecule has 0 saturated heterocycles. The number of benzene rings is 1. The van der Waals surface area contributed by atoms with E-state index in [1.807, 2.05) is 0 Å². The number of carbonyl (C=O) groups is 2. The molecule has 0 heterocycles. The van der Waals surface area contributed by atoms with Gasteiger partial charge in [0.1, 0.15) is 6.04 Å². The maximum atomic E-state index is 12.4. The quantitative estimate of drug-likeness (QED) is 0.793. The van der Waals surface area contributed by atoms with E-state index in [9.17, 15) is 22.8 Å². The van der Waals surface area contributed by atoms with E-state index in [0.717, 1.165) is 12.1 Å². The average Bonchev–Trinajstić information content (AvgIpc) is 2.37. The van der Waals surface area contributed by atoms with Crippen molar-refractivity contribution in [2.24, 2.45) is 0 Å². The highest BCUT2D eigenvalue weighted by Gasteiger charge is 2.30. The summed E-state index contributed by atoms with van der Waals surface area (Å²) in [6.07, 6.45) is -3.20. The van der Waals surface area contributed by atoms with Crippen LogP contribution in [0.4, 0.5) is 13.2 Å². The van der Waals surface area contributed by atoms with Gasteiger partial charge in [-0.15, -0.1) is 6.58 Å². The fourth-order valence-electron chi connectivity index (χ4n) is 1.63. The lowest BCUT2D eigenvalue weighted by Gasteiger charge is -2.13. The number of nitrogens with one attached hydrogen (secondary N) is 1. The normalized spacial score (nSPS) is 12.5. The molecule has 0 aliphatic carbocycles. The van der Waals surface area contributed by atoms with Gasteiger partial charge in [-0.2, -0.15) is 13.2 Å². The zero-order valence-corrected chi connectivity index (χ0v) is 11.0. The van der Waals surface area contributed by atoms with Crippen molar-refractivity contribution in [3.05, 3.63) is 48.0 Å². The monoisotopic (exact) mass is 301 g/mol. The number of hydrogen-bond donors (Lipinski definition) is 2. The van der Waals surface area contributed by atoms with Crippen molar-refractivity contribution in [3.63, 3.8) is 0 Å². The summed E-state index contributed by atoms with van der Waals surface area (Å²) in [6.45, 7) is 3.39. The second kappa shape index (κ2) is 6.92. The van der Waals surface area contributed by atoms with Crippen LogP contribution in [0.2, 0.25) is 0 Å². The zero-order chi connectivity index (χ0) is 16.0. The van der Waals surface area contributed by atoms with Crippen molar-refractivity contribution in [2.75, 3.05) is 0 Å². The molecule has 1 atom stereocenters. The minimum absolute atomic E-state index is 0.0636. The van der Waals surface area contributed by atoms with E-state index in [2.05, 4.69) is 11.9 Å². The minimum atomic E-state index is -4.43. The highest BCUT2D eigenvalue weighted by Crippen LogP contribution is 2.29. The number of alkyl halides is 3. The van der Waals surface area contributed by atoms with Gasteiger partial charge in [-0.3, -0.25) is 4.79 Å². The molecule has 0 aliphatic heterocycles. The number of carboxylic acids is 1. The smallest absolute Gasteiger partial charge is 0.416 e. The summed E-state index contributed by atoms with van der Waals surface area (Å²) in [6, 6.07) is 3.03. The van der Waals surface area contributed by atoms with Crippen molar-refractivity contribution < 1.29 is 27.9 Å². The lowest BCUT2D eigenvalue weighted by Crippen LogP contribution is -2.41. The van der Waals surface area contributed by atoms with Gasteiger partial charge >= 0.3 is 12.1 Å². The van der Waals surface area contributed by atoms with Crippen LogP contribution in [0, 0.1) is 0 Å². The number of hydrogen-bond acceptors (Lipinski definition) is 2. The molecule has 7 heteroatoms. The van der Waals surface area contributed by atoms with Crippen LogP contribution in [0.15, 0.2) is 36.9 Å². The Labute approximate surface area is 119 Å². The molecule has 0 aromatic heterocycles. The van der Waals surface area contributed by atoms with E-state index in [-0.39, 0.29) is 12.8 Å². The van der Waals surface area contributed by atoms with Crippen LogP contribution in [0.1, 0.15) is 17.5 Å². The molecule has 0 bridgehead atoms. The fourth-order valence-corrected chi connectivity index (χ4v) is 1.63. The van der Waals surface area contributed by atoms with Crippen molar-refractivity contribution in [1.29, 1.82) is 0 Å². The summed E-state index contributed by atoms with van der Waals surface area (Å²) in [5.74, 6) is -1.78. The predicted octanol–water partition coefficient (Wildman–Crippen LogP) is 2.39. The van der Waals surface area contributed by atoms with E-state index in [1.54, 1.807) is 0 Å². The molecule has 0 radical (unpaired) electrons. The topological polar surface area (TPSA) is 66.4 Å². The second-order valence-corrected chi connectivity index (χ2v) is 4.35. The van der Waals surface area contributed by atoms with Crippen LogP contribution < -0.4 is 5.32 Å². The Balaban J connectivity index is 2.66. The van der Waals surface area contributed by atoms with Crippen LogP contribution in [0.3, 0.4) is 0 Å². The van der Waals surface area contributed by atoms with Gasteiger partial charge in [0.25, 0.3) is 0 Å². The Morgan fingerprint density at radius 3 is 2.29 bits per heavy atom. The van der Waals surface area contributed by atoms with E-state index >= 15 is 0 Å². The van der Waals surface area contributed by atoms with Gasteiger partial charge in [0.2, 0.25) is 5.91 Å². The Kier molecular flexibility index (Phi) is 5.52. The van der Waals surface area contributed by atoms with Crippen molar-refractivity contribution in [1.82, 2.24) is 5.32 Å². The number of carboxylic acid groups (broad SMARTS) is 1. The first kappa shape index (κ1) is 16.7. The van der Waals surface area contributed by atoms with Crippen molar-refractivity contribution in [2.45, 2.75) is 25.1 Å². The van der Waals surface area contributed by atoms with E-state index in [1.165, 1.54) is 18.2 Å². The number of carbonyl (C=O) groups excluding carboxylic acids is 1. The lowest BCUT2D eigenvalue weighted by molar-refractivity contribution is -0.141. The Morgan fingerprint density at radius 2 is 1.86 bits per heavy atom. The third-order valence-corrected chi connectivity index (χ3v) is 2.68. The SMILES string of the molecule is C=CC[C@H](NC(=O)Cc1ccc(C(F)(F)F)cc1)C(=O)O. The molecule has 21 heavy (non-hydrogen) atoms. The van der Waals surface area contributed by atoms with Gasteiger partial charge in [0.15, 0.2) is 0 Å². The van der Waals surface area contributed by atoms with Gasteiger partial charge in [-0.1, -0.05) is 18.2 Å².